The van der Waals surface area contributed by atoms with Gasteiger partial charge in [0.05, 0.1) is 0 Å². The second kappa shape index (κ2) is 4.39. The first-order valence-electron chi connectivity index (χ1n) is 4.73. The van der Waals surface area contributed by atoms with Crippen LogP contribution in [0, 0.1) is 5.41 Å². The lowest BCUT2D eigenvalue weighted by atomic mass is 9.83. The fraction of sp³-hybridized carbons (Fsp3) is 0.800. The molecule has 0 aromatic carbocycles. The van der Waals surface area contributed by atoms with Gasteiger partial charge in [-0.25, -0.2) is 0 Å². The van der Waals surface area contributed by atoms with Crippen LogP contribution in [-0.4, -0.2) is 12.6 Å². The molecule has 0 atom stereocenters. The third kappa shape index (κ3) is 2.16. The van der Waals surface area contributed by atoms with Gasteiger partial charge < -0.3 is 9.59 Å². The van der Waals surface area contributed by atoms with E-state index in [1.165, 1.54) is 12.8 Å². The molecule has 0 spiro atoms. The highest BCUT2D eigenvalue weighted by Crippen LogP contribution is 2.40. The molecule has 12 heavy (non-hydrogen) atoms. The third-order valence-electron chi connectivity index (χ3n) is 2.85. The quantitative estimate of drug-likeness (QED) is 0.465. The zero-order chi connectivity index (χ0) is 8.86. The highest BCUT2D eigenvalue weighted by Gasteiger charge is 2.32. The van der Waals surface area contributed by atoms with Gasteiger partial charge in [0.2, 0.25) is 0 Å². The van der Waals surface area contributed by atoms with E-state index in [0.717, 1.165) is 38.3 Å². The Labute approximate surface area is 73.3 Å². The highest BCUT2D eigenvalue weighted by atomic mass is 16.1. The van der Waals surface area contributed by atoms with Gasteiger partial charge in [0, 0.05) is 11.8 Å². The molecular formula is C10H16O2. The summed E-state index contributed by atoms with van der Waals surface area (Å²) in [5.74, 6) is 0. The molecule has 1 saturated carbocycles. The van der Waals surface area contributed by atoms with Crippen molar-refractivity contribution in [3.8, 4) is 0 Å². The molecule has 0 unspecified atom stereocenters. The summed E-state index contributed by atoms with van der Waals surface area (Å²) < 4.78 is 0. The SMILES string of the molecule is O=CCCCC1(C=O)CCCC1. The van der Waals surface area contributed by atoms with E-state index in [-0.39, 0.29) is 5.41 Å². The van der Waals surface area contributed by atoms with Crippen molar-refractivity contribution in [3.63, 3.8) is 0 Å². The lowest BCUT2D eigenvalue weighted by molar-refractivity contribution is -0.116. The Morgan fingerprint density at radius 1 is 1.17 bits per heavy atom. The van der Waals surface area contributed by atoms with Gasteiger partial charge >= 0.3 is 0 Å². The lowest BCUT2D eigenvalue weighted by Gasteiger charge is -2.20. The molecule has 2 heteroatoms. The van der Waals surface area contributed by atoms with Crippen molar-refractivity contribution < 1.29 is 9.59 Å². The van der Waals surface area contributed by atoms with E-state index < -0.39 is 0 Å². The molecule has 0 bridgehead atoms. The summed E-state index contributed by atoms with van der Waals surface area (Å²) in [7, 11) is 0. The normalized spacial score (nSPS) is 20.7. The molecule has 0 aliphatic heterocycles. The predicted molar refractivity (Wildman–Crippen MR) is 46.9 cm³/mol. The molecule has 0 radical (unpaired) electrons. The molecule has 0 saturated heterocycles. The summed E-state index contributed by atoms with van der Waals surface area (Å²) in [6.07, 6.45) is 8.88. The minimum Gasteiger partial charge on any atom is -0.303 e. The molecule has 0 N–H and O–H groups in total. The van der Waals surface area contributed by atoms with Gasteiger partial charge in [0.1, 0.15) is 12.6 Å². The lowest BCUT2D eigenvalue weighted by Crippen LogP contribution is -2.17. The molecule has 0 aromatic rings. The number of unbranched alkanes of at least 4 members (excludes halogenated alkanes) is 1. The maximum absolute atomic E-state index is 10.8. The van der Waals surface area contributed by atoms with Crippen molar-refractivity contribution in [1.82, 2.24) is 0 Å². The topological polar surface area (TPSA) is 34.1 Å². The average Bonchev–Trinajstić information content (AvgIpc) is 2.55. The molecule has 0 amide bonds. The summed E-state index contributed by atoms with van der Waals surface area (Å²) in [6, 6.07) is 0. The molecule has 0 heterocycles. The summed E-state index contributed by atoms with van der Waals surface area (Å²) in [5, 5.41) is 0. The van der Waals surface area contributed by atoms with E-state index >= 15 is 0 Å². The first-order valence-corrected chi connectivity index (χ1v) is 4.73. The molecule has 1 aliphatic carbocycles. The van der Waals surface area contributed by atoms with Crippen LogP contribution in [0.2, 0.25) is 0 Å². The van der Waals surface area contributed by atoms with Crippen LogP contribution in [0.1, 0.15) is 44.9 Å². The monoisotopic (exact) mass is 168 g/mol. The smallest absolute Gasteiger partial charge is 0.126 e. The Kier molecular flexibility index (Phi) is 3.45. The predicted octanol–water partition coefficient (Wildman–Crippen LogP) is 2.11. The first kappa shape index (κ1) is 9.43. The second-order valence-electron chi connectivity index (χ2n) is 3.75. The Morgan fingerprint density at radius 2 is 1.83 bits per heavy atom. The Morgan fingerprint density at radius 3 is 2.33 bits per heavy atom. The third-order valence-corrected chi connectivity index (χ3v) is 2.85. The Hall–Kier alpha value is -0.660. The van der Waals surface area contributed by atoms with Gasteiger partial charge in [-0.1, -0.05) is 12.8 Å². The minimum absolute atomic E-state index is 0.0526. The van der Waals surface area contributed by atoms with Crippen LogP contribution in [0.25, 0.3) is 0 Å². The number of hydrogen-bond donors (Lipinski definition) is 0. The molecule has 68 valence electrons. The number of carbonyl (C=O) groups is 2. The van der Waals surface area contributed by atoms with Crippen LogP contribution >= 0.6 is 0 Å². The van der Waals surface area contributed by atoms with Gasteiger partial charge in [-0.2, -0.15) is 0 Å². The van der Waals surface area contributed by atoms with Crippen LogP contribution in [-0.2, 0) is 9.59 Å². The highest BCUT2D eigenvalue weighted by molar-refractivity contribution is 5.60. The summed E-state index contributed by atoms with van der Waals surface area (Å²) in [5.41, 5.74) is -0.0526. The van der Waals surface area contributed by atoms with Gasteiger partial charge in [-0.15, -0.1) is 0 Å². The molecular weight excluding hydrogens is 152 g/mol. The van der Waals surface area contributed by atoms with Crippen molar-refractivity contribution in [2.75, 3.05) is 0 Å². The van der Waals surface area contributed by atoms with Gasteiger partial charge in [0.15, 0.2) is 0 Å². The maximum Gasteiger partial charge on any atom is 0.126 e. The first-order chi connectivity index (χ1) is 5.83. The molecule has 1 fully saturated rings. The van der Waals surface area contributed by atoms with Crippen molar-refractivity contribution in [2.45, 2.75) is 44.9 Å². The second-order valence-corrected chi connectivity index (χ2v) is 3.75. The van der Waals surface area contributed by atoms with E-state index in [9.17, 15) is 9.59 Å². The fourth-order valence-electron chi connectivity index (χ4n) is 2.04. The number of rotatable bonds is 5. The van der Waals surface area contributed by atoms with E-state index in [1.54, 1.807) is 0 Å². The van der Waals surface area contributed by atoms with Crippen LogP contribution in [0.3, 0.4) is 0 Å². The summed E-state index contributed by atoms with van der Waals surface area (Å²) in [4.78, 5) is 20.9. The van der Waals surface area contributed by atoms with Crippen LogP contribution < -0.4 is 0 Å². The van der Waals surface area contributed by atoms with Crippen LogP contribution in [0.4, 0.5) is 0 Å². The van der Waals surface area contributed by atoms with E-state index in [4.69, 9.17) is 0 Å². The van der Waals surface area contributed by atoms with Crippen LogP contribution in [0.15, 0.2) is 0 Å². The number of aldehydes is 2. The summed E-state index contributed by atoms with van der Waals surface area (Å²) in [6.45, 7) is 0. The average molecular weight is 168 g/mol. The Balaban J connectivity index is 2.33. The van der Waals surface area contributed by atoms with Gasteiger partial charge in [0.25, 0.3) is 0 Å². The molecule has 1 aliphatic rings. The zero-order valence-corrected chi connectivity index (χ0v) is 7.42. The van der Waals surface area contributed by atoms with Gasteiger partial charge in [-0.05, 0) is 25.7 Å². The van der Waals surface area contributed by atoms with E-state index in [1.807, 2.05) is 0 Å². The Bertz CT molecular complexity index is 157. The maximum atomic E-state index is 10.8. The summed E-state index contributed by atoms with van der Waals surface area (Å²) >= 11 is 0. The molecule has 2 nitrogen and oxygen atoms in total. The van der Waals surface area contributed by atoms with Crippen molar-refractivity contribution >= 4 is 12.6 Å². The van der Waals surface area contributed by atoms with Crippen molar-refractivity contribution in [1.29, 1.82) is 0 Å². The zero-order valence-electron chi connectivity index (χ0n) is 7.42. The van der Waals surface area contributed by atoms with Crippen molar-refractivity contribution in [2.24, 2.45) is 5.41 Å². The standard InChI is InChI=1S/C10H16O2/c11-8-4-3-7-10(9-12)5-1-2-6-10/h8-9H,1-7H2. The van der Waals surface area contributed by atoms with Crippen molar-refractivity contribution in [3.05, 3.63) is 0 Å². The number of carbonyl (C=O) groups excluding carboxylic acids is 2. The minimum atomic E-state index is -0.0526. The largest absolute Gasteiger partial charge is 0.303 e. The van der Waals surface area contributed by atoms with E-state index in [0.29, 0.717) is 6.42 Å². The molecule has 0 aromatic heterocycles. The van der Waals surface area contributed by atoms with E-state index in [2.05, 4.69) is 0 Å². The van der Waals surface area contributed by atoms with Gasteiger partial charge in [-0.3, -0.25) is 0 Å². The fourth-order valence-corrected chi connectivity index (χ4v) is 2.04. The van der Waals surface area contributed by atoms with Crippen LogP contribution in [0.5, 0.6) is 0 Å². The number of hydrogen-bond acceptors (Lipinski definition) is 2. The molecule has 1 rings (SSSR count).